The lowest BCUT2D eigenvalue weighted by Crippen LogP contribution is -2.02. The zero-order valence-corrected chi connectivity index (χ0v) is 9.79. The molecule has 0 aliphatic rings. The second kappa shape index (κ2) is 5.60. The molecule has 0 aromatic heterocycles. The molecule has 2 rings (SSSR count). The van der Waals surface area contributed by atoms with Crippen LogP contribution in [-0.2, 0) is 13.1 Å². The molecular weight excluding hydrogens is 234 g/mol. The monoisotopic (exact) mass is 248 g/mol. The first-order valence-corrected chi connectivity index (χ1v) is 5.66. The van der Waals surface area contributed by atoms with Gasteiger partial charge in [0.05, 0.1) is 0 Å². The molecule has 0 heterocycles. The van der Waals surface area contributed by atoms with Crippen molar-refractivity contribution in [1.82, 2.24) is 0 Å². The lowest BCUT2D eigenvalue weighted by Gasteiger charge is -2.08. The Bertz CT molecular complexity index is 541. The van der Waals surface area contributed by atoms with Crippen LogP contribution >= 0.6 is 0 Å². The van der Waals surface area contributed by atoms with E-state index < -0.39 is 11.6 Å². The largest absolute Gasteiger partial charge is 0.381 e. The van der Waals surface area contributed by atoms with Crippen molar-refractivity contribution in [2.45, 2.75) is 13.1 Å². The summed E-state index contributed by atoms with van der Waals surface area (Å²) in [6.45, 7) is 1.03. The summed E-state index contributed by atoms with van der Waals surface area (Å²) in [6.07, 6.45) is 0. The summed E-state index contributed by atoms with van der Waals surface area (Å²) >= 11 is 0. The average Bonchev–Trinajstić information content (AvgIpc) is 2.40. The van der Waals surface area contributed by atoms with E-state index in [9.17, 15) is 8.78 Å². The van der Waals surface area contributed by atoms with Crippen LogP contribution in [0.5, 0.6) is 0 Å². The molecule has 4 heteroatoms. The third-order valence-corrected chi connectivity index (χ3v) is 2.64. The van der Waals surface area contributed by atoms with Gasteiger partial charge in [-0.05, 0) is 23.3 Å². The van der Waals surface area contributed by atoms with Gasteiger partial charge >= 0.3 is 0 Å². The van der Waals surface area contributed by atoms with Gasteiger partial charge in [-0.2, -0.15) is 0 Å². The van der Waals surface area contributed by atoms with Crippen LogP contribution in [0.25, 0.3) is 0 Å². The number of benzene rings is 2. The van der Waals surface area contributed by atoms with Crippen LogP contribution in [0.4, 0.5) is 14.5 Å². The summed E-state index contributed by atoms with van der Waals surface area (Å²) in [4.78, 5) is 0. The first kappa shape index (κ1) is 12.5. The fourth-order valence-corrected chi connectivity index (χ4v) is 1.68. The van der Waals surface area contributed by atoms with Gasteiger partial charge in [-0.1, -0.05) is 24.3 Å². The Morgan fingerprint density at radius 1 is 0.944 bits per heavy atom. The van der Waals surface area contributed by atoms with Gasteiger partial charge in [0.2, 0.25) is 0 Å². The van der Waals surface area contributed by atoms with Gasteiger partial charge in [0, 0.05) is 24.8 Å². The number of rotatable bonds is 4. The highest BCUT2D eigenvalue weighted by molar-refractivity contribution is 5.44. The molecule has 2 aromatic rings. The molecule has 0 amide bonds. The molecule has 0 aliphatic carbocycles. The summed E-state index contributed by atoms with van der Waals surface area (Å²) in [5, 5.41) is 3.03. The fraction of sp³-hybridized carbons (Fsp3) is 0.143. The zero-order chi connectivity index (χ0) is 13.0. The minimum atomic E-state index is -0.851. The van der Waals surface area contributed by atoms with E-state index in [1.54, 1.807) is 0 Å². The molecule has 3 N–H and O–H groups in total. The van der Waals surface area contributed by atoms with E-state index in [0.29, 0.717) is 18.8 Å². The fourth-order valence-electron chi connectivity index (χ4n) is 1.68. The minimum Gasteiger partial charge on any atom is -0.381 e. The van der Waals surface area contributed by atoms with Gasteiger partial charge in [-0.15, -0.1) is 0 Å². The number of nitrogens with two attached hydrogens (primary N) is 1. The number of hydrogen-bond acceptors (Lipinski definition) is 2. The Morgan fingerprint density at radius 3 is 2.44 bits per heavy atom. The van der Waals surface area contributed by atoms with E-state index in [-0.39, 0.29) is 0 Å². The number of nitrogens with one attached hydrogen (secondary N) is 1. The van der Waals surface area contributed by atoms with E-state index >= 15 is 0 Å². The van der Waals surface area contributed by atoms with Crippen molar-refractivity contribution in [3.8, 4) is 0 Å². The highest BCUT2D eigenvalue weighted by atomic mass is 19.2. The van der Waals surface area contributed by atoms with Gasteiger partial charge in [0.15, 0.2) is 11.6 Å². The summed E-state index contributed by atoms with van der Waals surface area (Å²) < 4.78 is 25.7. The first-order valence-electron chi connectivity index (χ1n) is 5.66. The first-order chi connectivity index (χ1) is 8.69. The molecule has 0 aliphatic heterocycles. The van der Waals surface area contributed by atoms with Crippen molar-refractivity contribution >= 4 is 5.69 Å². The van der Waals surface area contributed by atoms with Crippen molar-refractivity contribution < 1.29 is 8.78 Å². The SMILES string of the molecule is NCc1cccc(CNc2ccc(F)c(F)c2)c1. The number of hydrogen-bond donors (Lipinski definition) is 2. The summed E-state index contributed by atoms with van der Waals surface area (Å²) in [5.41, 5.74) is 8.18. The maximum absolute atomic E-state index is 13.0. The van der Waals surface area contributed by atoms with E-state index in [4.69, 9.17) is 5.73 Å². The summed E-state index contributed by atoms with van der Waals surface area (Å²) in [6, 6.07) is 11.5. The molecule has 0 saturated heterocycles. The molecule has 0 fully saturated rings. The van der Waals surface area contributed by atoms with Gasteiger partial charge in [0.1, 0.15) is 0 Å². The van der Waals surface area contributed by atoms with Crippen LogP contribution in [0.2, 0.25) is 0 Å². The van der Waals surface area contributed by atoms with Crippen LogP contribution in [-0.4, -0.2) is 0 Å². The molecule has 0 radical (unpaired) electrons. The Morgan fingerprint density at radius 2 is 1.72 bits per heavy atom. The van der Waals surface area contributed by atoms with Gasteiger partial charge < -0.3 is 11.1 Å². The molecule has 18 heavy (non-hydrogen) atoms. The van der Waals surface area contributed by atoms with Crippen molar-refractivity contribution in [2.75, 3.05) is 5.32 Å². The Hall–Kier alpha value is -1.94. The van der Waals surface area contributed by atoms with Crippen LogP contribution in [0.3, 0.4) is 0 Å². The topological polar surface area (TPSA) is 38.0 Å². The minimum absolute atomic E-state index is 0.485. The second-order valence-corrected chi connectivity index (χ2v) is 4.01. The molecule has 0 bridgehead atoms. The highest BCUT2D eigenvalue weighted by Crippen LogP contribution is 2.14. The van der Waals surface area contributed by atoms with Crippen LogP contribution in [0.15, 0.2) is 42.5 Å². The predicted molar refractivity (Wildman–Crippen MR) is 68.0 cm³/mol. The van der Waals surface area contributed by atoms with E-state index in [1.807, 2.05) is 24.3 Å². The average molecular weight is 248 g/mol. The second-order valence-electron chi connectivity index (χ2n) is 4.01. The van der Waals surface area contributed by atoms with Crippen molar-refractivity contribution in [3.05, 3.63) is 65.2 Å². The van der Waals surface area contributed by atoms with Gasteiger partial charge in [-0.25, -0.2) is 8.78 Å². The van der Waals surface area contributed by atoms with Crippen LogP contribution < -0.4 is 11.1 Å². The number of halogens is 2. The van der Waals surface area contributed by atoms with E-state index in [0.717, 1.165) is 23.3 Å². The molecule has 0 atom stereocenters. The third kappa shape index (κ3) is 3.05. The molecule has 2 nitrogen and oxygen atoms in total. The van der Waals surface area contributed by atoms with Crippen molar-refractivity contribution in [2.24, 2.45) is 5.73 Å². The van der Waals surface area contributed by atoms with Crippen LogP contribution in [0.1, 0.15) is 11.1 Å². The molecule has 0 saturated carbocycles. The standard InChI is InChI=1S/C14H14F2N2/c15-13-5-4-12(7-14(13)16)18-9-11-3-1-2-10(6-11)8-17/h1-7,18H,8-9,17H2. The van der Waals surface area contributed by atoms with E-state index in [1.165, 1.54) is 6.07 Å². The maximum Gasteiger partial charge on any atom is 0.160 e. The maximum atomic E-state index is 13.0. The zero-order valence-electron chi connectivity index (χ0n) is 9.79. The predicted octanol–water partition coefficient (Wildman–Crippen LogP) is 3.04. The normalized spacial score (nSPS) is 10.4. The lowest BCUT2D eigenvalue weighted by atomic mass is 10.1. The summed E-state index contributed by atoms with van der Waals surface area (Å²) in [5.74, 6) is -1.69. The Kier molecular flexibility index (Phi) is 3.89. The number of anilines is 1. The molecule has 0 unspecified atom stereocenters. The molecule has 0 spiro atoms. The molecular formula is C14H14F2N2. The Balaban J connectivity index is 2.04. The van der Waals surface area contributed by atoms with Crippen LogP contribution in [0, 0.1) is 11.6 Å². The smallest absolute Gasteiger partial charge is 0.160 e. The highest BCUT2D eigenvalue weighted by Gasteiger charge is 2.02. The molecule has 94 valence electrons. The third-order valence-electron chi connectivity index (χ3n) is 2.64. The lowest BCUT2D eigenvalue weighted by molar-refractivity contribution is 0.509. The molecule has 2 aromatic carbocycles. The van der Waals surface area contributed by atoms with E-state index in [2.05, 4.69) is 5.32 Å². The van der Waals surface area contributed by atoms with Gasteiger partial charge in [0.25, 0.3) is 0 Å². The van der Waals surface area contributed by atoms with Crippen molar-refractivity contribution in [3.63, 3.8) is 0 Å². The van der Waals surface area contributed by atoms with Gasteiger partial charge in [-0.3, -0.25) is 0 Å². The quantitative estimate of drug-likeness (QED) is 0.872. The Labute approximate surface area is 104 Å². The summed E-state index contributed by atoms with van der Waals surface area (Å²) in [7, 11) is 0. The van der Waals surface area contributed by atoms with Crippen molar-refractivity contribution in [1.29, 1.82) is 0 Å².